The van der Waals surface area contributed by atoms with Crippen LogP contribution in [-0.2, 0) is 0 Å². The summed E-state index contributed by atoms with van der Waals surface area (Å²) in [6.45, 7) is 9.92. The first-order valence-corrected chi connectivity index (χ1v) is 11.8. The van der Waals surface area contributed by atoms with Crippen LogP contribution in [0.5, 0.6) is 0 Å². The molecule has 2 saturated heterocycles. The van der Waals surface area contributed by atoms with Gasteiger partial charge in [-0.25, -0.2) is 0 Å². The van der Waals surface area contributed by atoms with Crippen LogP contribution < -0.4 is 5.32 Å². The summed E-state index contributed by atoms with van der Waals surface area (Å²) < 4.78 is 0. The third kappa shape index (κ3) is 5.10. The van der Waals surface area contributed by atoms with Crippen molar-refractivity contribution in [2.45, 2.75) is 83.2 Å². The lowest BCUT2D eigenvalue weighted by atomic mass is 9.71. The van der Waals surface area contributed by atoms with Crippen LogP contribution in [0.4, 0.5) is 5.69 Å². The van der Waals surface area contributed by atoms with Gasteiger partial charge in [0.1, 0.15) is 0 Å². The van der Waals surface area contributed by atoms with Crippen LogP contribution in [0, 0.1) is 5.41 Å². The minimum atomic E-state index is 0.556. The molecule has 3 aliphatic rings. The molecule has 156 valence electrons. The molecule has 1 aliphatic carbocycles. The first kappa shape index (κ1) is 20.2. The molecule has 1 N–H and O–H groups in total. The number of likely N-dealkylation sites (tertiary alicyclic amines) is 2. The third-order valence-electron chi connectivity index (χ3n) is 7.83. The molecule has 0 unspecified atom stereocenters. The highest BCUT2D eigenvalue weighted by atomic mass is 15.2. The zero-order valence-electron chi connectivity index (χ0n) is 18.4. The van der Waals surface area contributed by atoms with Crippen LogP contribution in [0.15, 0.2) is 24.3 Å². The average molecular weight is 384 g/mol. The predicted octanol–water partition coefficient (Wildman–Crippen LogP) is 5.34. The Labute approximate surface area is 172 Å². The molecule has 0 radical (unpaired) electrons. The van der Waals surface area contributed by atoms with Crippen LogP contribution in [0.3, 0.4) is 0 Å². The summed E-state index contributed by atoms with van der Waals surface area (Å²) in [7, 11) is 2.26. The zero-order chi connectivity index (χ0) is 19.6. The molecule has 3 fully saturated rings. The van der Waals surface area contributed by atoms with E-state index in [4.69, 9.17) is 0 Å². The largest absolute Gasteiger partial charge is 0.382 e. The lowest BCUT2D eigenvalue weighted by molar-refractivity contribution is 0.0994. The van der Waals surface area contributed by atoms with E-state index in [2.05, 4.69) is 60.3 Å². The van der Waals surface area contributed by atoms with E-state index in [1.165, 1.54) is 83.2 Å². The Kier molecular flexibility index (Phi) is 6.32. The normalized spacial score (nSPS) is 26.4. The lowest BCUT2D eigenvalue weighted by Gasteiger charge is -2.41. The molecular weight excluding hydrogens is 342 g/mol. The van der Waals surface area contributed by atoms with E-state index in [9.17, 15) is 0 Å². The molecule has 4 rings (SSSR count). The quantitative estimate of drug-likeness (QED) is 0.757. The van der Waals surface area contributed by atoms with Gasteiger partial charge in [-0.1, -0.05) is 26.0 Å². The number of anilines is 1. The lowest BCUT2D eigenvalue weighted by Crippen LogP contribution is -2.48. The van der Waals surface area contributed by atoms with E-state index in [1.807, 2.05) is 0 Å². The highest BCUT2D eigenvalue weighted by Crippen LogP contribution is 2.42. The Hall–Kier alpha value is -1.06. The van der Waals surface area contributed by atoms with E-state index >= 15 is 0 Å². The smallest absolute Gasteiger partial charge is 0.0342 e. The number of benzene rings is 1. The fraction of sp³-hybridized carbons (Fsp3) is 0.760. The average Bonchev–Trinajstić information content (AvgIpc) is 2.70. The van der Waals surface area contributed by atoms with E-state index in [0.717, 1.165) is 12.0 Å². The van der Waals surface area contributed by atoms with Gasteiger partial charge in [0, 0.05) is 30.9 Å². The SMILES string of the molecule is CN1CCC(N2CCC(Nc3ccc(C4CCC(C)(C)CC4)cc3)CC2)CC1. The van der Waals surface area contributed by atoms with Crippen LogP contribution >= 0.6 is 0 Å². The van der Waals surface area contributed by atoms with Gasteiger partial charge >= 0.3 is 0 Å². The first-order chi connectivity index (χ1) is 13.5. The van der Waals surface area contributed by atoms with Gasteiger partial charge < -0.3 is 15.1 Å². The zero-order valence-corrected chi connectivity index (χ0v) is 18.4. The van der Waals surface area contributed by atoms with Crippen molar-refractivity contribution in [3.05, 3.63) is 29.8 Å². The maximum absolute atomic E-state index is 3.82. The number of nitrogens with one attached hydrogen (secondary N) is 1. The van der Waals surface area contributed by atoms with E-state index in [1.54, 1.807) is 5.56 Å². The molecule has 2 heterocycles. The summed E-state index contributed by atoms with van der Waals surface area (Å²) in [5.41, 5.74) is 3.43. The van der Waals surface area contributed by atoms with Crippen molar-refractivity contribution < 1.29 is 0 Å². The third-order valence-corrected chi connectivity index (χ3v) is 7.83. The van der Waals surface area contributed by atoms with Crippen LogP contribution in [0.2, 0.25) is 0 Å². The van der Waals surface area contributed by atoms with Crippen molar-refractivity contribution in [2.24, 2.45) is 5.41 Å². The maximum atomic E-state index is 3.82. The summed E-state index contributed by atoms with van der Waals surface area (Å²) >= 11 is 0. The fourth-order valence-corrected chi connectivity index (χ4v) is 5.59. The molecule has 1 aromatic rings. The van der Waals surface area contributed by atoms with Crippen LogP contribution in [0.25, 0.3) is 0 Å². The van der Waals surface area contributed by atoms with Gasteiger partial charge in [-0.2, -0.15) is 0 Å². The summed E-state index contributed by atoms with van der Waals surface area (Å²) in [5.74, 6) is 0.778. The topological polar surface area (TPSA) is 18.5 Å². The molecule has 0 amide bonds. The minimum absolute atomic E-state index is 0.556. The highest BCUT2D eigenvalue weighted by Gasteiger charge is 2.28. The summed E-state index contributed by atoms with van der Waals surface area (Å²) in [6.07, 6.45) is 10.7. The number of hydrogen-bond acceptors (Lipinski definition) is 3. The summed E-state index contributed by atoms with van der Waals surface area (Å²) in [4.78, 5) is 5.24. The van der Waals surface area contributed by atoms with Gasteiger partial charge in [0.15, 0.2) is 0 Å². The highest BCUT2D eigenvalue weighted by molar-refractivity contribution is 5.46. The van der Waals surface area contributed by atoms with Crippen molar-refractivity contribution in [1.82, 2.24) is 9.80 Å². The van der Waals surface area contributed by atoms with Crippen molar-refractivity contribution >= 4 is 5.69 Å². The monoisotopic (exact) mass is 383 g/mol. The molecule has 1 aromatic carbocycles. The van der Waals surface area contributed by atoms with Gasteiger partial charge in [0.25, 0.3) is 0 Å². The van der Waals surface area contributed by atoms with E-state index in [0.29, 0.717) is 11.5 Å². The maximum Gasteiger partial charge on any atom is 0.0342 e. The number of rotatable bonds is 4. The van der Waals surface area contributed by atoms with Gasteiger partial charge in [-0.15, -0.1) is 0 Å². The first-order valence-electron chi connectivity index (χ1n) is 11.8. The summed E-state index contributed by atoms with van der Waals surface area (Å²) in [6, 6.07) is 10.9. The van der Waals surface area contributed by atoms with Gasteiger partial charge in [0.05, 0.1) is 0 Å². The Morgan fingerprint density at radius 3 is 2.04 bits per heavy atom. The van der Waals surface area contributed by atoms with Crippen molar-refractivity contribution in [1.29, 1.82) is 0 Å². The van der Waals surface area contributed by atoms with E-state index in [-0.39, 0.29) is 0 Å². The Balaban J connectivity index is 1.23. The van der Waals surface area contributed by atoms with Crippen molar-refractivity contribution in [3.63, 3.8) is 0 Å². The minimum Gasteiger partial charge on any atom is -0.382 e. The van der Waals surface area contributed by atoms with Gasteiger partial charge in [-0.05, 0) is 101 Å². The number of hydrogen-bond donors (Lipinski definition) is 1. The Morgan fingerprint density at radius 1 is 0.821 bits per heavy atom. The molecule has 28 heavy (non-hydrogen) atoms. The number of piperidine rings is 2. The molecule has 0 atom stereocenters. The second-order valence-electron chi connectivity index (χ2n) is 10.5. The molecule has 2 aliphatic heterocycles. The molecule has 0 spiro atoms. The molecule has 0 bridgehead atoms. The molecule has 0 aromatic heterocycles. The van der Waals surface area contributed by atoms with Crippen LogP contribution in [-0.4, -0.2) is 55.1 Å². The Morgan fingerprint density at radius 2 is 1.43 bits per heavy atom. The van der Waals surface area contributed by atoms with Gasteiger partial charge in [-0.3, -0.25) is 0 Å². The molecular formula is C25H41N3. The van der Waals surface area contributed by atoms with E-state index < -0.39 is 0 Å². The predicted molar refractivity (Wildman–Crippen MR) is 120 cm³/mol. The number of nitrogens with zero attached hydrogens (tertiary/aromatic N) is 2. The van der Waals surface area contributed by atoms with Crippen molar-refractivity contribution in [3.8, 4) is 0 Å². The molecule has 3 nitrogen and oxygen atoms in total. The van der Waals surface area contributed by atoms with Crippen LogP contribution in [0.1, 0.15) is 76.7 Å². The second-order valence-corrected chi connectivity index (χ2v) is 10.5. The standard InChI is InChI=1S/C25H41N3/c1-25(2)14-8-21(9-15-25)20-4-6-22(7-5-20)26-23-10-18-28(19-11-23)24-12-16-27(3)17-13-24/h4-7,21,23-24,26H,8-19H2,1-3H3. The molecule has 1 saturated carbocycles. The Bertz CT molecular complexity index is 597. The fourth-order valence-electron chi connectivity index (χ4n) is 5.59. The van der Waals surface area contributed by atoms with Crippen molar-refractivity contribution in [2.75, 3.05) is 38.5 Å². The second kappa shape index (κ2) is 8.75. The summed E-state index contributed by atoms with van der Waals surface area (Å²) in [5, 5.41) is 3.82. The van der Waals surface area contributed by atoms with Gasteiger partial charge in [0.2, 0.25) is 0 Å². The molecule has 3 heteroatoms.